The lowest BCUT2D eigenvalue weighted by molar-refractivity contribution is -0.142. The minimum absolute atomic E-state index is 0.113. The standard InChI is InChI=1S/C20H24N2O5/c1-22-8-7-20-12-4-5-13(21-26-10-16(23)24)19(20)27-18-15(25-2)6-3-11(17(18)20)9-14(12)22/h3,6,12,14,19H,4-5,7-10H2,1-2H3,(H,23,24)/t12-,14+,19-,20-/m0/s1. The van der Waals surface area contributed by atoms with Gasteiger partial charge in [0.25, 0.3) is 0 Å². The van der Waals surface area contributed by atoms with Gasteiger partial charge in [-0.25, -0.2) is 4.79 Å². The topological polar surface area (TPSA) is 80.6 Å². The van der Waals surface area contributed by atoms with Crippen LogP contribution in [0.2, 0.25) is 0 Å². The largest absolute Gasteiger partial charge is 0.493 e. The van der Waals surface area contributed by atoms with Crippen LogP contribution in [0.1, 0.15) is 30.4 Å². The summed E-state index contributed by atoms with van der Waals surface area (Å²) in [5.74, 6) is 1.09. The minimum atomic E-state index is -1.03. The maximum absolute atomic E-state index is 10.8. The van der Waals surface area contributed by atoms with E-state index < -0.39 is 12.6 Å². The first-order valence-corrected chi connectivity index (χ1v) is 9.54. The number of rotatable bonds is 4. The normalized spacial score (nSPS) is 34.7. The molecule has 27 heavy (non-hydrogen) atoms. The number of hydrogen-bond donors (Lipinski definition) is 1. The average Bonchev–Trinajstić information content (AvgIpc) is 3.00. The van der Waals surface area contributed by atoms with E-state index in [4.69, 9.17) is 19.4 Å². The summed E-state index contributed by atoms with van der Waals surface area (Å²) in [5, 5.41) is 13.1. The van der Waals surface area contributed by atoms with Crippen molar-refractivity contribution in [3.8, 4) is 11.5 Å². The van der Waals surface area contributed by atoms with Crippen LogP contribution in [0.5, 0.6) is 11.5 Å². The highest BCUT2D eigenvalue weighted by Gasteiger charge is 2.65. The summed E-state index contributed by atoms with van der Waals surface area (Å²) in [6.45, 7) is 0.583. The highest BCUT2D eigenvalue weighted by atomic mass is 16.6. The van der Waals surface area contributed by atoms with Crippen LogP contribution in [-0.4, -0.2) is 61.1 Å². The highest BCUT2D eigenvalue weighted by molar-refractivity contribution is 5.93. The molecule has 144 valence electrons. The second-order valence-corrected chi connectivity index (χ2v) is 8.07. The monoisotopic (exact) mass is 372 g/mol. The number of carboxylic acid groups (broad SMARTS) is 1. The first-order valence-electron chi connectivity index (χ1n) is 9.54. The molecule has 0 unspecified atom stereocenters. The summed E-state index contributed by atoms with van der Waals surface area (Å²) >= 11 is 0. The van der Waals surface area contributed by atoms with E-state index in [1.54, 1.807) is 7.11 Å². The van der Waals surface area contributed by atoms with Gasteiger partial charge < -0.3 is 24.3 Å². The van der Waals surface area contributed by atoms with Gasteiger partial charge in [0, 0.05) is 17.0 Å². The molecular formula is C20H24N2O5. The number of likely N-dealkylation sites (N-methyl/N-ethyl adjacent to an activating group) is 1. The fourth-order valence-corrected chi connectivity index (χ4v) is 5.95. The van der Waals surface area contributed by atoms with E-state index in [-0.39, 0.29) is 11.5 Å². The van der Waals surface area contributed by atoms with E-state index in [1.165, 1.54) is 11.1 Å². The van der Waals surface area contributed by atoms with Gasteiger partial charge in [-0.3, -0.25) is 0 Å². The minimum Gasteiger partial charge on any atom is -0.493 e. The zero-order valence-electron chi connectivity index (χ0n) is 15.6. The lowest BCUT2D eigenvalue weighted by atomic mass is 9.51. The van der Waals surface area contributed by atoms with E-state index in [9.17, 15) is 4.79 Å². The maximum Gasteiger partial charge on any atom is 0.344 e. The fourth-order valence-electron chi connectivity index (χ4n) is 5.95. The lowest BCUT2D eigenvalue weighted by Crippen LogP contribution is -2.65. The number of carboxylic acids is 1. The molecule has 1 aromatic carbocycles. The Morgan fingerprint density at radius 1 is 1.48 bits per heavy atom. The predicted molar refractivity (Wildman–Crippen MR) is 97.6 cm³/mol. The van der Waals surface area contributed by atoms with E-state index in [1.807, 2.05) is 6.07 Å². The van der Waals surface area contributed by atoms with Crippen molar-refractivity contribution in [2.24, 2.45) is 11.1 Å². The number of hydrogen-bond acceptors (Lipinski definition) is 6. The summed E-state index contributed by atoms with van der Waals surface area (Å²) in [5.41, 5.74) is 3.35. The van der Waals surface area contributed by atoms with Crippen LogP contribution in [0.25, 0.3) is 0 Å². The molecule has 4 atom stereocenters. The van der Waals surface area contributed by atoms with Gasteiger partial charge in [-0.1, -0.05) is 11.2 Å². The summed E-state index contributed by atoms with van der Waals surface area (Å²) < 4.78 is 12.1. The van der Waals surface area contributed by atoms with Gasteiger partial charge in [-0.05, 0) is 56.8 Å². The van der Waals surface area contributed by atoms with Crippen LogP contribution in [0.3, 0.4) is 0 Å². The number of oxime groups is 1. The fraction of sp³-hybridized carbons (Fsp3) is 0.600. The van der Waals surface area contributed by atoms with Crippen LogP contribution in [-0.2, 0) is 21.5 Å². The molecule has 1 saturated carbocycles. The van der Waals surface area contributed by atoms with Gasteiger partial charge in [0.15, 0.2) is 17.6 Å². The Labute approximate surface area is 157 Å². The van der Waals surface area contributed by atoms with Crippen molar-refractivity contribution < 1.29 is 24.2 Å². The first-order chi connectivity index (χ1) is 13.1. The lowest BCUT2D eigenvalue weighted by Gasteiger charge is -2.57. The third-order valence-corrected chi connectivity index (χ3v) is 6.98. The molecule has 0 amide bonds. The first kappa shape index (κ1) is 16.9. The van der Waals surface area contributed by atoms with Gasteiger partial charge in [-0.2, -0.15) is 0 Å². The number of aliphatic carboxylic acids is 1. The summed E-state index contributed by atoms with van der Waals surface area (Å²) in [7, 11) is 3.89. The van der Waals surface area contributed by atoms with Crippen molar-refractivity contribution in [1.29, 1.82) is 0 Å². The molecule has 2 heterocycles. The third-order valence-electron chi connectivity index (χ3n) is 6.98. The number of carbonyl (C=O) groups is 1. The van der Waals surface area contributed by atoms with Crippen molar-refractivity contribution in [3.05, 3.63) is 23.3 Å². The zero-order chi connectivity index (χ0) is 18.8. The zero-order valence-corrected chi connectivity index (χ0v) is 15.6. The van der Waals surface area contributed by atoms with E-state index in [0.29, 0.717) is 12.0 Å². The van der Waals surface area contributed by atoms with Crippen molar-refractivity contribution >= 4 is 11.7 Å². The molecule has 2 bridgehead atoms. The van der Waals surface area contributed by atoms with E-state index in [0.717, 1.165) is 49.4 Å². The van der Waals surface area contributed by atoms with Crippen molar-refractivity contribution in [3.63, 3.8) is 0 Å². The van der Waals surface area contributed by atoms with Crippen LogP contribution >= 0.6 is 0 Å². The van der Waals surface area contributed by atoms with Crippen molar-refractivity contribution in [2.45, 2.75) is 43.2 Å². The molecule has 7 nitrogen and oxygen atoms in total. The van der Waals surface area contributed by atoms with Gasteiger partial charge in [0.1, 0.15) is 0 Å². The Kier molecular flexibility index (Phi) is 3.66. The summed E-state index contributed by atoms with van der Waals surface area (Å²) in [6.07, 6.45) is 3.62. The molecule has 0 aromatic heterocycles. The predicted octanol–water partition coefficient (Wildman–Crippen LogP) is 1.82. The SMILES string of the molecule is COc1ccc2c3c1O[C@H]1C(=NOCC(=O)O)CC[C@H]4[C@@H](C2)N(C)CC[C@]314. The Balaban J connectivity index is 1.64. The number of piperidine rings is 1. The van der Waals surface area contributed by atoms with Crippen LogP contribution in [0.15, 0.2) is 17.3 Å². The molecule has 1 saturated heterocycles. The van der Waals surface area contributed by atoms with Crippen LogP contribution < -0.4 is 9.47 Å². The van der Waals surface area contributed by atoms with Gasteiger partial charge in [-0.15, -0.1) is 0 Å². The van der Waals surface area contributed by atoms with Crippen molar-refractivity contribution in [2.75, 3.05) is 27.3 Å². The Morgan fingerprint density at radius 2 is 2.33 bits per heavy atom. The molecule has 4 aliphatic rings. The number of nitrogens with zero attached hydrogens (tertiary/aromatic N) is 2. The third kappa shape index (κ3) is 2.18. The molecule has 1 N–H and O–H groups in total. The van der Waals surface area contributed by atoms with Gasteiger partial charge >= 0.3 is 5.97 Å². The number of methoxy groups -OCH3 is 1. The molecule has 2 aliphatic heterocycles. The van der Waals surface area contributed by atoms with E-state index >= 15 is 0 Å². The molecular weight excluding hydrogens is 348 g/mol. The smallest absolute Gasteiger partial charge is 0.344 e. The molecule has 2 aliphatic carbocycles. The Morgan fingerprint density at radius 3 is 3.11 bits per heavy atom. The van der Waals surface area contributed by atoms with Crippen LogP contribution in [0.4, 0.5) is 0 Å². The molecule has 2 fully saturated rings. The van der Waals surface area contributed by atoms with E-state index in [2.05, 4.69) is 23.2 Å². The number of likely N-dealkylation sites (tertiary alicyclic amines) is 1. The molecule has 5 rings (SSSR count). The molecule has 1 spiro atoms. The van der Waals surface area contributed by atoms with Gasteiger partial charge in [0.2, 0.25) is 6.61 Å². The van der Waals surface area contributed by atoms with Crippen molar-refractivity contribution in [1.82, 2.24) is 4.90 Å². The second kappa shape index (κ2) is 5.86. The van der Waals surface area contributed by atoms with Crippen LogP contribution in [0, 0.1) is 5.92 Å². The average molecular weight is 372 g/mol. The number of ether oxygens (including phenoxy) is 2. The maximum atomic E-state index is 10.8. The highest BCUT2D eigenvalue weighted by Crippen LogP contribution is 2.63. The molecule has 0 radical (unpaired) electrons. The molecule has 1 aromatic rings. The summed E-state index contributed by atoms with van der Waals surface area (Å²) in [4.78, 5) is 18.4. The second-order valence-electron chi connectivity index (χ2n) is 8.07. The molecule has 7 heteroatoms. The Bertz CT molecular complexity index is 838. The number of benzene rings is 1. The summed E-state index contributed by atoms with van der Waals surface area (Å²) in [6, 6.07) is 4.67. The quantitative estimate of drug-likeness (QED) is 0.812. The Hall–Kier alpha value is -2.28. The van der Waals surface area contributed by atoms with Gasteiger partial charge in [0.05, 0.1) is 12.8 Å².